The largest absolute Gasteiger partial charge is 0.463 e. The Labute approximate surface area is 187 Å². The van der Waals surface area contributed by atoms with Gasteiger partial charge in [0.05, 0.1) is 23.4 Å². The van der Waals surface area contributed by atoms with E-state index in [1.54, 1.807) is 18.5 Å². The highest BCUT2D eigenvalue weighted by Gasteiger charge is 2.19. The lowest BCUT2D eigenvalue weighted by Gasteiger charge is -2.17. The number of anilines is 1. The van der Waals surface area contributed by atoms with Crippen LogP contribution in [0.3, 0.4) is 0 Å². The van der Waals surface area contributed by atoms with Crippen LogP contribution in [0.15, 0.2) is 59.3 Å². The molecular weight excluding hydrogens is 402 g/mol. The lowest BCUT2D eigenvalue weighted by atomic mass is 10.1. The number of fused-ring (bicyclic) bond motifs is 1. The normalized spacial score (nSPS) is 13.9. The van der Waals surface area contributed by atoms with Crippen LogP contribution in [0.5, 0.6) is 0 Å². The number of benzene rings is 1. The second-order valence-corrected chi connectivity index (χ2v) is 8.50. The number of furan rings is 1. The lowest BCUT2D eigenvalue weighted by molar-refractivity contribution is 0.0952. The first-order valence-corrected chi connectivity index (χ1v) is 11.1. The number of hydrogen-bond donors (Lipinski definition) is 1. The van der Waals surface area contributed by atoms with Gasteiger partial charge in [0.15, 0.2) is 11.4 Å². The van der Waals surface area contributed by atoms with Crippen molar-refractivity contribution in [3.63, 3.8) is 0 Å². The molecule has 7 heteroatoms. The van der Waals surface area contributed by atoms with Crippen molar-refractivity contribution in [2.24, 2.45) is 0 Å². The molecule has 0 saturated carbocycles. The Morgan fingerprint density at radius 1 is 1.16 bits per heavy atom. The van der Waals surface area contributed by atoms with E-state index in [0.29, 0.717) is 29.2 Å². The van der Waals surface area contributed by atoms with Crippen LogP contribution >= 0.6 is 0 Å². The number of rotatable bonds is 6. The summed E-state index contributed by atoms with van der Waals surface area (Å²) in [6.07, 6.45) is 5.83. The molecule has 0 unspecified atom stereocenters. The van der Waals surface area contributed by atoms with Gasteiger partial charge in [-0.25, -0.2) is 9.67 Å². The van der Waals surface area contributed by atoms with Crippen molar-refractivity contribution < 1.29 is 9.21 Å². The first-order chi connectivity index (χ1) is 15.6. The number of carbonyl (C=O) groups is 1. The lowest BCUT2D eigenvalue weighted by Crippen LogP contribution is -2.23. The van der Waals surface area contributed by atoms with Crippen molar-refractivity contribution in [3.8, 4) is 11.5 Å². The predicted octanol–water partition coefficient (Wildman–Crippen LogP) is 4.80. The molecule has 7 nitrogen and oxygen atoms in total. The number of amides is 1. The second kappa shape index (κ2) is 8.49. The SMILES string of the molecule is CC(C)n1ncc2c(C(=O)NCc3ccc(N4CCCC4)cc3)cc(-c3ccco3)nc21. The van der Waals surface area contributed by atoms with Gasteiger partial charge in [0.1, 0.15) is 5.69 Å². The van der Waals surface area contributed by atoms with Gasteiger partial charge in [-0.15, -0.1) is 0 Å². The van der Waals surface area contributed by atoms with Gasteiger partial charge in [0.25, 0.3) is 5.91 Å². The molecule has 5 rings (SSSR count). The van der Waals surface area contributed by atoms with Gasteiger partial charge in [-0.3, -0.25) is 4.79 Å². The summed E-state index contributed by atoms with van der Waals surface area (Å²) in [6.45, 7) is 6.78. The van der Waals surface area contributed by atoms with E-state index < -0.39 is 0 Å². The first-order valence-electron chi connectivity index (χ1n) is 11.1. The Morgan fingerprint density at radius 3 is 2.62 bits per heavy atom. The van der Waals surface area contributed by atoms with Gasteiger partial charge in [0.2, 0.25) is 0 Å². The van der Waals surface area contributed by atoms with E-state index in [9.17, 15) is 4.79 Å². The maximum absolute atomic E-state index is 13.2. The van der Waals surface area contributed by atoms with Crippen molar-refractivity contribution in [1.82, 2.24) is 20.1 Å². The molecule has 32 heavy (non-hydrogen) atoms. The molecule has 0 spiro atoms. The van der Waals surface area contributed by atoms with Crippen LogP contribution in [-0.2, 0) is 6.54 Å². The monoisotopic (exact) mass is 429 g/mol. The van der Waals surface area contributed by atoms with Gasteiger partial charge >= 0.3 is 0 Å². The fourth-order valence-corrected chi connectivity index (χ4v) is 4.21. The van der Waals surface area contributed by atoms with Crippen LogP contribution in [0.2, 0.25) is 0 Å². The summed E-state index contributed by atoms with van der Waals surface area (Å²) < 4.78 is 7.36. The summed E-state index contributed by atoms with van der Waals surface area (Å²) in [7, 11) is 0. The third-order valence-electron chi connectivity index (χ3n) is 5.93. The van der Waals surface area contributed by atoms with E-state index in [4.69, 9.17) is 9.40 Å². The highest BCUT2D eigenvalue weighted by atomic mass is 16.3. The van der Waals surface area contributed by atoms with Crippen LogP contribution in [-0.4, -0.2) is 33.8 Å². The molecule has 4 aromatic rings. The molecule has 4 heterocycles. The quantitative estimate of drug-likeness (QED) is 0.476. The van der Waals surface area contributed by atoms with Crippen molar-refractivity contribution in [1.29, 1.82) is 0 Å². The van der Waals surface area contributed by atoms with Crippen LogP contribution in [0.25, 0.3) is 22.5 Å². The zero-order valence-corrected chi connectivity index (χ0v) is 18.4. The van der Waals surface area contributed by atoms with Gasteiger partial charge in [-0.1, -0.05) is 12.1 Å². The highest BCUT2D eigenvalue weighted by Crippen LogP contribution is 2.27. The maximum atomic E-state index is 13.2. The Hall–Kier alpha value is -3.61. The Kier molecular flexibility index (Phi) is 5.39. The molecule has 0 radical (unpaired) electrons. The van der Waals surface area contributed by atoms with Crippen LogP contribution in [0.4, 0.5) is 5.69 Å². The second-order valence-electron chi connectivity index (χ2n) is 8.50. The molecule has 1 saturated heterocycles. The molecule has 1 amide bonds. The van der Waals surface area contributed by atoms with Gasteiger partial charge in [-0.2, -0.15) is 5.10 Å². The topological polar surface area (TPSA) is 76.2 Å². The molecule has 1 aliphatic heterocycles. The van der Waals surface area contributed by atoms with E-state index in [-0.39, 0.29) is 11.9 Å². The molecule has 1 aliphatic rings. The van der Waals surface area contributed by atoms with Crippen molar-refractivity contribution >= 4 is 22.6 Å². The van der Waals surface area contributed by atoms with E-state index in [1.807, 2.05) is 30.7 Å². The summed E-state index contributed by atoms with van der Waals surface area (Å²) in [6, 6.07) is 14.0. The fourth-order valence-electron chi connectivity index (χ4n) is 4.21. The molecule has 0 atom stereocenters. The standard InChI is InChI=1S/C25H27N5O2/c1-17(2)30-24-21(16-27-30)20(14-22(28-24)23-6-5-13-32-23)25(31)26-15-18-7-9-19(10-8-18)29-11-3-4-12-29/h5-10,13-14,16-17H,3-4,11-12,15H2,1-2H3,(H,26,31). The molecule has 1 aromatic carbocycles. The summed E-state index contributed by atoms with van der Waals surface area (Å²) in [5.41, 5.74) is 4.15. The molecule has 0 aliphatic carbocycles. The van der Waals surface area contributed by atoms with Crippen molar-refractivity contribution in [3.05, 3.63) is 66.1 Å². The molecule has 3 aromatic heterocycles. The molecule has 1 fully saturated rings. The van der Waals surface area contributed by atoms with E-state index in [1.165, 1.54) is 18.5 Å². The number of nitrogens with zero attached hydrogens (tertiary/aromatic N) is 4. The van der Waals surface area contributed by atoms with Crippen LogP contribution in [0.1, 0.15) is 48.7 Å². The van der Waals surface area contributed by atoms with Gasteiger partial charge in [0, 0.05) is 31.4 Å². The van der Waals surface area contributed by atoms with Gasteiger partial charge < -0.3 is 14.6 Å². The van der Waals surface area contributed by atoms with E-state index >= 15 is 0 Å². The minimum Gasteiger partial charge on any atom is -0.463 e. The predicted molar refractivity (Wildman–Crippen MR) is 125 cm³/mol. The Balaban J connectivity index is 1.40. The average Bonchev–Trinajstić information content (AvgIpc) is 3.58. The number of pyridine rings is 1. The number of aromatic nitrogens is 3. The zero-order chi connectivity index (χ0) is 22.1. The Bertz CT molecular complexity index is 1220. The minimum atomic E-state index is -0.155. The van der Waals surface area contributed by atoms with Gasteiger partial charge in [-0.05, 0) is 62.6 Å². The van der Waals surface area contributed by atoms with Crippen LogP contribution in [0, 0.1) is 0 Å². The number of nitrogens with one attached hydrogen (secondary N) is 1. The average molecular weight is 430 g/mol. The molecule has 1 N–H and O–H groups in total. The maximum Gasteiger partial charge on any atom is 0.252 e. The third kappa shape index (κ3) is 3.86. The zero-order valence-electron chi connectivity index (χ0n) is 18.4. The first kappa shape index (κ1) is 20.3. The summed E-state index contributed by atoms with van der Waals surface area (Å²) in [4.78, 5) is 20.3. The van der Waals surface area contributed by atoms with E-state index in [2.05, 4.69) is 39.6 Å². The molecule has 0 bridgehead atoms. The fraction of sp³-hybridized carbons (Fsp3) is 0.320. The summed E-state index contributed by atoms with van der Waals surface area (Å²) >= 11 is 0. The molecule has 164 valence electrons. The minimum absolute atomic E-state index is 0.122. The van der Waals surface area contributed by atoms with E-state index in [0.717, 1.165) is 24.0 Å². The smallest absolute Gasteiger partial charge is 0.252 e. The van der Waals surface area contributed by atoms with Crippen molar-refractivity contribution in [2.45, 2.75) is 39.3 Å². The van der Waals surface area contributed by atoms with Crippen LogP contribution < -0.4 is 10.2 Å². The summed E-state index contributed by atoms with van der Waals surface area (Å²) in [5.74, 6) is 0.465. The highest BCUT2D eigenvalue weighted by molar-refractivity contribution is 6.06. The third-order valence-corrected chi connectivity index (χ3v) is 5.93. The number of hydrogen-bond acceptors (Lipinski definition) is 5. The molecular formula is C25H27N5O2. The number of carbonyl (C=O) groups excluding carboxylic acids is 1. The summed E-state index contributed by atoms with van der Waals surface area (Å²) in [5, 5.41) is 8.26. The van der Waals surface area contributed by atoms with Crippen molar-refractivity contribution in [2.75, 3.05) is 18.0 Å². The Morgan fingerprint density at radius 2 is 1.94 bits per heavy atom.